The van der Waals surface area contributed by atoms with Crippen LogP contribution >= 0.6 is 0 Å². The third-order valence-corrected chi connectivity index (χ3v) is 3.26. The van der Waals surface area contributed by atoms with E-state index in [1.54, 1.807) is 15.6 Å². The predicted molar refractivity (Wildman–Crippen MR) is 77.3 cm³/mol. The molecule has 22 heavy (non-hydrogen) atoms. The third-order valence-electron chi connectivity index (χ3n) is 3.26. The van der Waals surface area contributed by atoms with Gasteiger partial charge in [0.15, 0.2) is 0 Å². The summed E-state index contributed by atoms with van der Waals surface area (Å²) < 4.78 is 12.8. The number of hydrogen-bond donors (Lipinski definition) is 0. The minimum Gasteiger partial charge on any atom is -0.444 e. The molecule has 3 rings (SSSR count). The number of amides is 1. The second-order valence-electron chi connectivity index (χ2n) is 6.13. The molecule has 0 aliphatic carbocycles. The Morgan fingerprint density at radius 2 is 2.23 bits per heavy atom. The van der Waals surface area contributed by atoms with Gasteiger partial charge >= 0.3 is 6.09 Å². The molecule has 0 saturated carbocycles. The summed E-state index contributed by atoms with van der Waals surface area (Å²) in [6.45, 7) is 6.92. The molecule has 1 atom stereocenters. The van der Waals surface area contributed by atoms with Crippen LogP contribution in [0.4, 0.5) is 4.79 Å². The largest absolute Gasteiger partial charge is 0.444 e. The van der Waals surface area contributed by atoms with Gasteiger partial charge in [-0.1, -0.05) is 0 Å². The van der Waals surface area contributed by atoms with Crippen molar-refractivity contribution in [2.75, 3.05) is 19.7 Å². The molecule has 0 N–H and O–H groups in total. The van der Waals surface area contributed by atoms with Crippen LogP contribution in [0, 0.1) is 0 Å². The zero-order valence-electron chi connectivity index (χ0n) is 12.9. The molecule has 2 aromatic rings. The summed E-state index contributed by atoms with van der Waals surface area (Å²) in [5, 5.41) is 4.15. The Labute approximate surface area is 128 Å². The van der Waals surface area contributed by atoms with Gasteiger partial charge in [-0.2, -0.15) is 14.6 Å². The molecule has 118 valence electrons. The van der Waals surface area contributed by atoms with E-state index >= 15 is 0 Å². The molecular weight excluding hydrogens is 286 g/mol. The van der Waals surface area contributed by atoms with Crippen LogP contribution in [0.3, 0.4) is 0 Å². The molecule has 1 aliphatic rings. The second-order valence-corrected chi connectivity index (χ2v) is 6.13. The lowest BCUT2D eigenvalue weighted by Crippen LogP contribution is -2.45. The van der Waals surface area contributed by atoms with Crippen molar-refractivity contribution in [3.63, 3.8) is 0 Å². The maximum absolute atomic E-state index is 12.2. The van der Waals surface area contributed by atoms with Crippen molar-refractivity contribution in [3.8, 4) is 0 Å². The van der Waals surface area contributed by atoms with Gasteiger partial charge in [0, 0.05) is 12.7 Å². The highest BCUT2D eigenvalue weighted by Crippen LogP contribution is 2.23. The smallest absolute Gasteiger partial charge is 0.410 e. The van der Waals surface area contributed by atoms with Crippen molar-refractivity contribution in [1.29, 1.82) is 0 Å². The Morgan fingerprint density at radius 3 is 3.00 bits per heavy atom. The fourth-order valence-corrected chi connectivity index (χ4v) is 2.32. The van der Waals surface area contributed by atoms with E-state index in [1.807, 2.05) is 26.8 Å². The molecule has 1 saturated heterocycles. The van der Waals surface area contributed by atoms with Crippen molar-refractivity contribution in [3.05, 3.63) is 24.3 Å². The third kappa shape index (κ3) is 3.01. The summed E-state index contributed by atoms with van der Waals surface area (Å²) in [7, 11) is 0. The standard InChI is InChI=1S/C14H19N5O3/c1-14(2,3)22-13(20)18-6-7-21-11(8-18)10-4-5-15-12-16-9-17-19(10)12/h4-5,9,11H,6-8H2,1-3H3/t11-/m1/s1. The van der Waals surface area contributed by atoms with E-state index in [1.165, 1.54) is 6.33 Å². The summed E-state index contributed by atoms with van der Waals surface area (Å²) >= 11 is 0. The minimum atomic E-state index is -0.513. The lowest BCUT2D eigenvalue weighted by molar-refractivity contribution is -0.0454. The average Bonchev–Trinajstić information content (AvgIpc) is 2.94. The number of fused-ring (bicyclic) bond motifs is 1. The first-order valence-corrected chi connectivity index (χ1v) is 7.18. The highest BCUT2D eigenvalue weighted by Gasteiger charge is 2.30. The molecule has 2 aromatic heterocycles. The summed E-state index contributed by atoms with van der Waals surface area (Å²) in [4.78, 5) is 22.0. The van der Waals surface area contributed by atoms with Crippen LogP contribution in [-0.4, -0.2) is 55.9 Å². The highest BCUT2D eigenvalue weighted by atomic mass is 16.6. The van der Waals surface area contributed by atoms with E-state index in [4.69, 9.17) is 9.47 Å². The zero-order chi connectivity index (χ0) is 15.7. The number of rotatable bonds is 1. The topological polar surface area (TPSA) is 81.8 Å². The average molecular weight is 305 g/mol. The van der Waals surface area contributed by atoms with Crippen LogP contribution in [0.25, 0.3) is 5.78 Å². The Balaban J connectivity index is 1.78. The fraction of sp³-hybridized carbons (Fsp3) is 0.571. The molecule has 0 unspecified atom stereocenters. The number of morpholine rings is 1. The Bertz CT molecular complexity index is 678. The van der Waals surface area contributed by atoms with Gasteiger partial charge in [-0.05, 0) is 26.8 Å². The van der Waals surface area contributed by atoms with Crippen LogP contribution < -0.4 is 0 Å². The predicted octanol–water partition coefficient (Wildman–Crippen LogP) is 1.43. The molecule has 0 spiro atoms. The first-order valence-electron chi connectivity index (χ1n) is 7.18. The van der Waals surface area contributed by atoms with Gasteiger partial charge in [0.2, 0.25) is 0 Å². The molecule has 0 bridgehead atoms. The van der Waals surface area contributed by atoms with Gasteiger partial charge in [0.1, 0.15) is 18.0 Å². The van der Waals surface area contributed by atoms with Crippen LogP contribution in [0.15, 0.2) is 18.6 Å². The number of ether oxygens (including phenoxy) is 2. The lowest BCUT2D eigenvalue weighted by Gasteiger charge is -2.34. The molecule has 1 aliphatic heterocycles. The summed E-state index contributed by atoms with van der Waals surface area (Å²) in [6, 6.07) is 1.82. The van der Waals surface area contributed by atoms with Crippen molar-refractivity contribution >= 4 is 11.9 Å². The van der Waals surface area contributed by atoms with Gasteiger partial charge in [-0.3, -0.25) is 0 Å². The van der Waals surface area contributed by atoms with Gasteiger partial charge in [-0.25, -0.2) is 9.78 Å². The monoisotopic (exact) mass is 305 g/mol. The van der Waals surface area contributed by atoms with Crippen LogP contribution in [0.2, 0.25) is 0 Å². The summed E-state index contributed by atoms with van der Waals surface area (Å²) in [5.74, 6) is 0.510. The maximum Gasteiger partial charge on any atom is 0.410 e. The quantitative estimate of drug-likeness (QED) is 0.793. The van der Waals surface area contributed by atoms with Crippen LogP contribution in [0.5, 0.6) is 0 Å². The number of hydrogen-bond acceptors (Lipinski definition) is 6. The van der Waals surface area contributed by atoms with Gasteiger partial charge in [0.05, 0.1) is 18.8 Å². The SMILES string of the molecule is CC(C)(C)OC(=O)N1CCO[C@@H](c2ccnc3ncnn23)C1. The Kier molecular flexibility index (Phi) is 3.69. The molecule has 1 fully saturated rings. The number of carbonyl (C=O) groups is 1. The molecule has 1 amide bonds. The van der Waals surface area contributed by atoms with Gasteiger partial charge < -0.3 is 14.4 Å². The van der Waals surface area contributed by atoms with Crippen molar-refractivity contribution in [1.82, 2.24) is 24.5 Å². The van der Waals surface area contributed by atoms with E-state index < -0.39 is 5.60 Å². The normalized spacial score (nSPS) is 19.4. The van der Waals surface area contributed by atoms with E-state index in [0.717, 1.165) is 5.69 Å². The molecule has 8 heteroatoms. The molecule has 3 heterocycles. The Morgan fingerprint density at radius 1 is 1.41 bits per heavy atom. The lowest BCUT2D eigenvalue weighted by atomic mass is 10.2. The van der Waals surface area contributed by atoms with Gasteiger partial charge in [0.25, 0.3) is 5.78 Å². The van der Waals surface area contributed by atoms with Crippen LogP contribution in [0.1, 0.15) is 32.6 Å². The molecule has 0 radical (unpaired) electrons. The van der Waals surface area contributed by atoms with Crippen LogP contribution in [-0.2, 0) is 9.47 Å². The minimum absolute atomic E-state index is 0.284. The molecule has 0 aromatic carbocycles. The fourth-order valence-electron chi connectivity index (χ4n) is 2.32. The second kappa shape index (κ2) is 5.53. The van der Waals surface area contributed by atoms with E-state index in [2.05, 4.69) is 15.1 Å². The molecular formula is C14H19N5O3. The van der Waals surface area contributed by atoms with Crippen molar-refractivity contribution in [2.24, 2.45) is 0 Å². The summed E-state index contributed by atoms with van der Waals surface area (Å²) in [6.07, 6.45) is 2.49. The first kappa shape index (κ1) is 14.7. The van der Waals surface area contributed by atoms with Crippen molar-refractivity contribution < 1.29 is 14.3 Å². The molecule has 8 nitrogen and oxygen atoms in total. The highest BCUT2D eigenvalue weighted by molar-refractivity contribution is 5.68. The maximum atomic E-state index is 12.2. The summed E-state index contributed by atoms with van der Waals surface area (Å²) in [5.41, 5.74) is 0.302. The van der Waals surface area contributed by atoms with Crippen molar-refractivity contribution in [2.45, 2.75) is 32.5 Å². The first-order chi connectivity index (χ1) is 10.4. The Hall–Kier alpha value is -2.22. The number of aromatic nitrogens is 4. The van der Waals surface area contributed by atoms with E-state index in [9.17, 15) is 4.79 Å². The number of nitrogens with zero attached hydrogens (tertiary/aromatic N) is 5. The van der Waals surface area contributed by atoms with Gasteiger partial charge in [-0.15, -0.1) is 0 Å². The zero-order valence-corrected chi connectivity index (χ0v) is 12.9. The van der Waals surface area contributed by atoms with E-state index in [0.29, 0.717) is 25.5 Å². The van der Waals surface area contributed by atoms with E-state index in [-0.39, 0.29) is 12.2 Å². The number of carbonyl (C=O) groups excluding carboxylic acids is 1.